The Balaban J connectivity index is 2.41. The lowest BCUT2D eigenvalue weighted by molar-refractivity contribution is -0.114. The van der Waals surface area contributed by atoms with Gasteiger partial charge < -0.3 is 15.8 Å². The third-order valence-corrected chi connectivity index (χ3v) is 3.77. The molecule has 2 aromatic carbocycles. The first-order chi connectivity index (χ1) is 11.8. The number of amides is 2. The van der Waals surface area contributed by atoms with Crippen molar-refractivity contribution in [1.82, 2.24) is 0 Å². The first kappa shape index (κ1) is 18.4. The first-order valence-electron chi connectivity index (χ1n) is 7.98. The number of primary amides is 1. The van der Waals surface area contributed by atoms with E-state index in [4.69, 9.17) is 10.5 Å². The summed E-state index contributed by atoms with van der Waals surface area (Å²) >= 11 is 0. The maximum atomic E-state index is 14.3. The number of hydrogen-bond donors (Lipinski definition) is 2. The van der Waals surface area contributed by atoms with Gasteiger partial charge in [-0.1, -0.05) is 31.2 Å². The van der Waals surface area contributed by atoms with Gasteiger partial charge >= 0.3 is 0 Å². The van der Waals surface area contributed by atoms with Gasteiger partial charge in [0.1, 0.15) is 17.5 Å². The Morgan fingerprint density at radius 1 is 1.28 bits per heavy atom. The zero-order valence-electron chi connectivity index (χ0n) is 14.4. The molecular weight excluding hydrogens is 323 g/mol. The van der Waals surface area contributed by atoms with Crippen LogP contribution in [0.1, 0.15) is 48.4 Å². The molecule has 1 atom stereocenters. The molecule has 0 radical (unpaired) electrons. The molecule has 5 nitrogen and oxygen atoms in total. The maximum absolute atomic E-state index is 14.3. The van der Waals surface area contributed by atoms with E-state index in [0.717, 1.165) is 23.6 Å². The van der Waals surface area contributed by atoms with E-state index in [1.807, 2.05) is 31.2 Å². The van der Waals surface area contributed by atoms with Gasteiger partial charge in [-0.05, 0) is 36.6 Å². The summed E-state index contributed by atoms with van der Waals surface area (Å²) in [6.45, 7) is 5.12. The highest BCUT2D eigenvalue weighted by atomic mass is 19.1. The van der Waals surface area contributed by atoms with Crippen molar-refractivity contribution in [3.8, 4) is 5.75 Å². The van der Waals surface area contributed by atoms with Crippen molar-refractivity contribution in [3.05, 3.63) is 58.9 Å². The summed E-state index contributed by atoms with van der Waals surface area (Å²) in [7, 11) is 0. The lowest BCUT2D eigenvalue weighted by Gasteiger charge is -2.19. The zero-order valence-corrected chi connectivity index (χ0v) is 14.4. The monoisotopic (exact) mass is 344 g/mol. The summed E-state index contributed by atoms with van der Waals surface area (Å²) in [5, 5.41) is 2.40. The van der Waals surface area contributed by atoms with Crippen molar-refractivity contribution in [2.45, 2.75) is 33.3 Å². The molecule has 0 heterocycles. The van der Waals surface area contributed by atoms with Crippen molar-refractivity contribution >= 4 is 17.5 Å². The van der Waals surface area contributed by atoms with Crippen LogP contribution in [0.4, 0.5) is 10.1 Å². The van der Waals surface area contributed by atoms with Gasteiger partial charge in [-0.2, -0.15) is 0 Å². The molecule has 6 heteroatoms. The molecule has 0 spiro atoms. The Morgan fingerprint density at radius 3 is 2.60 bits per heavy atom. The van der Waals surface area contributed by atoms with Gasteiger partial charge in [-0.15, -0.1) is 0 Å². The van der Waals surface area contributed by atoms with E-state index in [1.54, 1.807) is 6.92 Å². The Labute approximate surface area is 146 Å². The molecule has 0 aliphatic rings. The SMILES string of the molecule is CCc1cccc(C(C)Oc2cc(C(N)=O)cc(F)c2NC(C)=O)c1. The van der Waals surface area contributed by atoms with E-state index in [1.165, 1.54) is 13.0 Å². The second-order valence-electron chi connectivity index (χ2n) is 5.74. The molecule has 0 aromatic heterocycles. The van der Waals surface area contributed by atoms with Crippen molar-refractivity contribution in [2.24, 2.45) is 5.73 Å². The van der Waals surface area contributed by atoms with Crippen molar-refractivity contribution < 1.29 is 18.7 Å². The number of nitrogens with two attached hydrogens (primary N) is 1. The first-order valence-corrected chi connectivity index (χ1v) is 7.98. The molecular formula is C19H21FN2O3. The van der Waals surface area contributed by atoms with Crippen LogP contribution in [0.15, 0.2) is 36.4 Å². The molecule has 3 N–H and O–H groups in total. The van der Waals surface area contributed by atoms with Crippen LogP contribution in [-0.2, 0) is 11.2 Å². The second-order valence-corrected chi connectivity index (χ2v) is 5.74. The van der Waals surface area contributed by atoms with Crippen molar-refractivity contribution in [1.29, 1.82) is 0 Å². The highest BCUT2D eigenvalue weighted by Gasteiger charge is 2.18. The minimum absolute atomic E-state index is 0.0314. The topological polar surface area (TPSA) is 81.4 Å². The predicted molar refractivity (Wildman–Crippen MR) is 94.1 cm³/mol. The molecule has 132 valence electrons. The molecule has 0 fully saturated rings. The van der Waals surface area contributed by atoms with Gasteiger partial charge in [-0.3, -0.25) is 9.59 Å². The highest BCUT2D eigenvalue weighted by molar-refractivity contribution is 5.96. The summed E-state index contributed by atoms with van der Waals surface area (Å²) in [5.41, 5.74) is 7.13. The maximum Gasteiger partial charge on any atom is 0.248 e. The van der Waals surface area contributed by atoms with Crippen LogP contribution in [0.25, 0.3) is 0 Å². The molecule has 2 amide bonds. The Hall–Kier alpha value is -2.89. The van der Waals surface area contributed by atoms with Gasteiger partial charge in [0, 0.05) is 12.5 Å². The normalized spacial score (nSPS) is 11.7. The number of ether oxygens (including phenoxy) is 1. The van der Waals surface area contributed by atoms with Crippen LogP contribution in [0.5, 0.6) is 5.75 Å². The van der Waals surface area contributed by atoms with E-state index < -0.39 is 23.7 Å². The average molecular weight is 344 g/mol. The molecule has 0 saturated heterocycles. The third-order valence-electron chi connectivity index (χ3n) is 3.77. The van der Waals surface area contributed by atoms with E-state index in [9.17, 15) is 14.0 Å². The fourth-order valence-electron chi connectivity index (χ4n) is 2.44. The fourth-order valence-corrected chi connectivity index (χ4v) is 2.44. The minimum Gasteiger partial charge on any atom is -0.484 e. The number of benzene rings is 2. The number of carbonyl (C=O) groups is 2. The van der Waals surface area contributed by atoms with Gasteiger partial charge in [0.15, 0.2) is 5.82 Å². The summed E-state index contributed by atoms with van der Waals surface area (Å²) < 4.78 is 20.1. The quantitative estimate of drug-likeness (QED) is 0.840. The zero-order chi connectivity index (χ0) is 18.6. The van der Waals surface area contributed by atoms with Crippen molar-refractivity contribution in [3.63, 3.8) is 0 Å². The summed E-state index contributed by atoms with van der Waals surface area (Å²) in [6, 6.07) is 10.1. The third kappa shape index (κ3) is 4.56. The lowest BCUT2D eigenvalue weighted by Crippen LogP contribution is -2.15. The number of hydrogen-bond acceptors (Lipinski definition) is 3. The molecule has 0 saturated carbocycles. The van der Waals surface area contributed by atoms with Gasteiger partial charge in [0.05, 0.1) is 0 Å². The van der Waals surface area contributed by atoms with Crippen LogP contribution in [0, 0.1) is 5.82 Å². The van der Waals surface area contributed by atoms with E-state index in [2.05, 4.69) is 5.32 Å². The van der Waals surface area contributed by atoms with Gasteiger partial charge in [-0.25, -0.2) is 4.39 Å². The fraction of sp³-hybridized carbons (Fsp3) is 0.263. The van der Waals surface area contributed by atoms with E-state index in [-0.39, 0.29) is 17.0 Å². The van der Waals surface area contributed by atoms with Gasteiger partial charge in [0.25, 0.3) is 0 Å². The predicted octanol–water partition coefficient (Wildman–Crippen LogP) is 3.59. The Bertz CT molecular complexity index is 805. The number of nitrogens with one attached hydrogen (secondary N) is 1. The van der Waals surface area contributed by atoms with E-state index in [0.29, 0.717) is 0 Å². The minimum atomic E-state index is -0.781. The average Bonchev–Trinajstić information content (AvgIpc) is 2.57. The number of anilines is 1. The second kappa shape index (κ2) is 7.79. The van der Waals surface area contributed by atoms with Crippen LogP contribution < -0.4 is 15.8 Å². The Morgan fingerprint density at radius 2 is 2.00 bits per heavy atom. The summed E-state index contributed by atoms with van der Waals surface area (Å²) in [6.07, 6.45) is 0.463. The molecule has 25 heavy (non-hydrogen) atoms. The highest BCUT2D eigenvalue weighted by Crippen LogP contribution is 2.33. The molecule has 0 bridgehead atoms. The number of halogens is 1. The molecule has 0 aliphatic carbocycles. The van der Waals surface area contributed by atoms with Crippen LogP contribution in [0.2, 0.25) is 0 Å². The summed E-state index contributed by atoms with van der Waals surface area (Å²) in [5.74, 6) is -1.95. The van der Waals surface area contributed by atoms with Crippen molar-refractivity contribution in [2.75, 3.05) is 5.32 Å². The van der Waals surface area contributed by atoms with Crippen LogP contribution in [-0.4, -0.2) is 11.8 Å². The summed E-state index contributed by atoms with van der Waals surface area (Å²) in [4.78, 5) is 22.7. The van der Waals surface area contributed by atoms with Crippen LogP contribution in [0.3, 0.4) is 0 Å². The standard InChI is InChI=1S/C19H21FN2O3/c1-4-13-6-5-7-14(8-13)11(2)25-17-10-15(19(21)24)9-16(20)18(17)22-12(3)23/h5-11H,4H2,1-3H3,(H2,21,24)(H,22,23). The van der Waals surface area contributed by atoms with Gasteiger partial charge in [0.2, 0.25) is 11.8 Å². The lowest BCUT2D eigenvalue weighted by atomic mass is 10.1. The van der Waals surface area contributed by atoms with E-state index >= 15 is 0 Å². The smallest absolute Gasteiger partial charge is 0.248 e. The molecule has 1 unspecified atom stereocenters. The van der Waals surface area contributed by atoms with Crippen LogP contribution >= 0.6 is 0 Å². The number of carbonyl (C=O) groups excluding carboxylic acids is 2. The number of aryl methyl sites for hydroxylation is 1. The Kier molecular flexibility index (Phi) is 5.75. The number of rotatable bonds is 6. The largest absolute Gasteiger partial charge is 0.484 e. The molecule has 2 aromatic rings. The molecule has 0 aliphatic heterocycles. The molecule has 2 rings (SSSR count).